The Morgan fingerprint density at radius 3 is 2.20 bits per heavy atom. The first-order chi connectivity index (χ1) is 2.27. The van der Waals surface area contributed by atoms with Crippen LogP contribution in [0.2, 0.25) is 6.32 Å². The van der Waals surface area contributed by atoms with Crippen LogP contribution in [0.4, 0.5) is 0 Å². The minimum Gasteiger partial charge on any atom is -0.403 e. The molecule has 0 aliphatic rings. The lowest BCUT2D eigenvalue weighted by Crippen LogP contribution is -1.90. The third kappa shape index (κ3) is 3.60. The van der Waals surface area contributed by atoms with Gasteiger partial charge in [0.15, 0.2) is 0 Å². The first kappa shape index (κ1) is 4.60. The van der Waals surface area contributed by atoms with Crippen molar-refractivity contribution in [2.75, 3.05) is 0 Å². The van der Waals surface area contributed by atoms with Gasteiger partial charge in [-0.05, 0) is 5.70 Å². The van der Waals surface area contributed by atoms with E-state index in [1.165, 1.54) is 0 Å². The second-order valence-corrected chi connectivity index (χ2v) is 0.862. The fourth-order valence-electron chi connectivity index (χ4n) is 0. The Bertz CT molecular complexity index is 42.2. The van der Waals surface area contributed by atoms with Crippen molar-refractivity contribution in [1.29, 1.82) is 0 Å². The highest BCUT2D eigenvalue weighted by molar-refractivity contribution is 6.10. The molecule has 0 bridgehead atoms. The maximum Gasteiger partial charge on any atom is 0.0736 e. The molecule has 1 nitrogen and oxygen atoms in total. The SMILES string of the molecule is [B]CC(=C)N. The first-order valence-corrected chi connectivity index (χ1v) is 1.40. The smallest absolute Gasteiger partial charge is 0.0736 e. The van der Waals surface area contributed by atoms with Crippen LogP contribution < -0.4 is 5.73 Å². The second-order valence-electron chi connectivity index (χ2n) is 0.862. The first-order valence-electron chi connectivity index (χ1n) is 1.40. The van der Waals surface area contributed by atoms with Crippen LogP contribution in [-0.4, -0.2) is 7.85 Å². The lowest BCUT2D eigenvalue weighted by molar-refractivity contribution is 1.33. The van der Waals surface area contributed by atoms with Gasteiger partial charge in [-0.3, -0.25) is 0 Å². The molecule has 0 aromatic heterocycles. The Kier molecular flexibility index (Phi) is 1.73. The molecular weight excluding hydrogens is 60.9 g/mol. The van der Waals surface area contributed by atoms with Gasteiger partial charge in [-0.2, -0.15) is 0 Å². The average molecular weight is 66.9 g/mol. The predicted octanol–water partition coefficient (Wildman–Crippen LogP) is 0.0456. The van der Waals surface area contributed by atoms with Crippen molar-refractivity contribution in [2.24, 2.45) is 5.73 Å². The van der Waals surface area contributed by atoms with Crippen LogP contribution in [0.3, 0.4) is 0 Å². The molecule has 0 aromatic carbocycles. The van der Waals surface area contributed by atoms with E-state index in [4.69, 9.17) is 13.6 Å². The summed E-state index contributed by atoms with van der Waals surface area (Å²) >= 11 is 0. The molecule has 2 N–H and O–H groups in total. The third-order valence-electron chi connectivity index (χ3n) is 0.262. The average Bonchev–Trinajstić information content (AvgIpc) is 1.38. The quantitative estimate of drug-likeness (QED) is 0.430. The minimum atomic E-state index is 0.389. The fraction of sp³-hybridized carbons (Fsp3) is 0.333. The van der Waals surface area contributed by atoms with E-state index >= 15 is 0 Å². The molecule has 0 spiro atoms. The Labute approximate surface area is 33.3 Å². The summed E-state index contributed by atoms with van der Waals surface area (Å²) in [4.78, 5) is 0. The number of allylic oxidation sites excluding steroid dienone is 1. The molecule has 0 saturated carbocycles. The van der Waals surface area contributed by atoms with Gasteiger partial charge < -0.3 is 5.73 Å². The summed E-state index contributed by atoms with van der Waals surface area (Å²) < 4.78 is 0. The molecular formula is C3H6BN. The van der Waals surface area contributed by atoms with Gasteiger partial charge >= 0.3 is 0 Å². The Balaban J connectivity index is 2.85. The summed E-state index contributed by atoms with van der Waals surface area (Å²) in [5.41, 5.74) is 5.50. The van der Waals surface area contributed by atoms with Gasteiger partial charge in [-0.25, -0.2) is 0 Å². The van der Waals surface area contributed by atoms with Gasteiger partial charge in [0, 0.05) is 0 Å². The summed E-state index contributed by atoms with van der Waals surface area (Å²) in [5.74, 6) is 0. The number of hydrogen-bond donors (Lipinski definition) is 1. The minimum absolute atomic E-state index is 0.389. The predicted molar refractivity (Wildman–Crippen MR) is 23.9 cm³/mol. The maximum atomic E-state index is 4.97. The molecule has 2 radical (unpaired) electrons. The molecule has 0 saturated heterocycles. The van der Waals surface area contributed by atoms with Crippen molar-refractivity contribution < 1.29 is 0 Å². The maximum absolute atomic E-state index is 4.97. The van der Waals surface area contributed by atoms with Gasteiger partial charge in [-0.15, -0.1) is 0 Å². The largest absolute Gasteiger partial charge is 0.403 e. The van der Waals surface area contributed by atoms with Gasteiger partial charge in [0.1, 0.15) is 0 Å². The van der Waals surface area contributed by atoms with E-state index in [-0.39, 0.29) is 0 Å². The van der Waals surface area contributed by atoms with Crippen LogP contribution in [0.15, 0.2) is 12.3 Å². The van der Waals surface area contributed by atoms with Crippen LogP contribution in [0, 0.1) is 0 Å². The lowest BCUT2D eigenvalue weighted by Gasteiger charge is -1.81. The summed E-state index contributed by atoms with van der Waals surface area (Å²) in [6.45, 7) is 3.33. The summed E-state index contributed by atoms with van der Waals surface area (Å²) in [7, 11) is 4.95. The lowest BCUT2D eigenvalue weighted by atomic mass is 10.0. The van der Waals surface area contributed by atoms with Crippen molar-refractivity contribution >= 4 is 7.85 Å². The zero-order valence-corrected chi connectivity index (χ0v) is 3.07. The molecule has 0 fully saturated rings. The van der Waals surface area contributed by atoms with Crippen molar-refractivity contribution in [3.63, 3.8) is 0 Å². The van der Waals surface area contributed by atoms with E-state index in [2.05, 4.69) is 6.58 Å². The highest BCUT2D eigenvalue weighted by Crippen LogP contribution is 1.76. The zero-order valence-electron chi connectivity index (χ0n) is 3.07. The number of hydrogen-bond acceptors (Lipinski definition) is 1. The normalized spacial score (nSPS) is 7.20. The Morgan fingerprint density at radius 1 is 2.00 bits per heavy atom. The van der Waals surface area contributed by atoms with E-state index in [9.17, 15) is 0 Å². The molecule has 0 aliphatic heterocycles. The van der Waals surface area contributed by atoms with Crippen molar-refractivity contribution in [3.05, 3.63) is 12.3 Å². The van der Waals surface area contributed by atoms with E-state index in [0.717, 1.165) is 0 Å². The van der Waals surface area contributed by atoms with Crippen LogP contribution in [0.25, 0.3) is 0 Å². The van der Waals surface area contributed by atoms with Gasteiger partial charge in [0.05, 0.1) is 7.85 Å². The third-order valence-corrected chi connectivity index (χ3v) is 0.262. The molecule has 2 heteroatoms. The van der Waals surface area contributed by atoms with E-state index in [1.807, 2.05) is 0 Å². The Hall–Kier alpha value is -0.395. The van der Waals surface area contributed by atoms with E-state index in [1.54, 1.807) is 0 Å². The monoisotopic (exact) mass is 67.1 g/mol. The summed E-state index contributed by atoms with van der Waals surface area (Å²) in [6, 6.07) is 0. The summed E-state index contributed by atoms with van der Waals surface area (Å²) in [6.07, 6.45) is 0.389. The van der Waals surface area contributed by atoms with E-state index in [0.29, 0.717) is 12.0 Å². The van der Waals surface area contributed by atoms with Gasteiger partial charge in [-0.1, -0.05) is 12.9 Å². The molecule has 0 atom stereocenters. The van der Waals surface area contributed by atoms with Crippen LogP contribution in [0.1, 0.15) is 0 Å². The van der Waals surface area contributed by atoms with Crippen molar-refractivity contribution in [1.82, 2.24) is 0 Å². The van der Waals surface area contributed by atoms with Crippen LogP contribution in [-0.2, 0) is 0 Å². The second kappa shape index (κ2) is 1.88. The van der Waals surface area contributed by atoms with Gasteiger partial charge in [0.25, 0.3) is 0 Å². The topological polar surface area (TPSA) is 26.0 Å². The fourth-order valence-corrected chi connectivity index (χ4v) is 0. The molecule has 26 valence electrons. The molecule has 0 rings (SSSR count). The van der Waals surface area contributed by atoms with Crippen molar-refractivity contribution in [3.8, 4) is 0 Å². The molecule has 0 heterocycles. The highest BCUT2D eigenvalue weighted by Gasteiger charge is 1.67. The molecule has 0 aliphatic carbocycles. The van der Waals surface area contributed by atoms with Crippen LogP contribution >= 0.6 is 0 Å². The standard InChI is InChI=1S/C3H6BN/c1-3(5)2-4/h1-2,5H2. The zero-order chi connectivity index (χ0) is 4.28. The molecule has 0 unspecified atom stereocenters. The van der Waals surface area contributed by atoms with Gasteiger partial charge in [0.2, 0.25) is 0 Å². The Morgan fingerprint density at radius 2 is 2.20 bits per heavy atom. The molecule has 0 amide bonds. The number of rotatable bonds is 1. The highest BCUT2D eigenvalue weighted by atomic mass is 14.5. The van der Waals surface area contributed by atoms with E-state index < -0.39 is 0 Å². The number of nitrogens with two attached hydrogens (primary N) is 1. The molecule has 0 aromatic rings. The van der Waals surface area contributed by atoms with Crippen LogP contribution in [0.5, 0.6) is 0 Å². The van der Waals surface area contributed by atoms with Crippen molar-refractivity contribution in [2.45, 2.75) is 6.32 Å². The molecule has 5 heavy (non-hydrogen) atoms. The summed E-state index contributed by atoms with van der Waals surface area (Å²) in [5, 5.41) is 0.